The molecule has 1 atom stereocenters. The molecule has 0 bridgehead atoms. The minimum Gasteiger partial charge on any atom is -0.340 e. The molecule has 0 aliphatic carbocycles. The number of rotatable bonds is 3. The molecule has 112 valence electrons. The van der Waals surface area contributed by atoms with Gasteiger partial charge in [-0.25, -0.2) is 0 Å². The van der Waals surface area contributed by atoms with Gasteiger partial charge in [0.25, 0.3) is 0 Å². The highest BCUT2D eigenvalue weighted by atomic mass is 35.5. The van der Waals surface area contributed by atoms with Gasteiger partial charge in [-0.1, -0.05) is 6.92 Å². The summed E-state index contributed by atoms with van der Waals surface area (Å²) in [5.41, 5.74) is 0. The Morgan fingerprint density at radius 3 is 2.63 bits per heavy atom. The zero-order valence-electron chi connectivity index (χ0n) is 12.1. The molecule has 1 amide bonds. The first-order valence-electron chi connectivity index (χ1n) is 7.46. The van der Waals surface area contributed by atoms with E-state index in [1.165, 1.54) is 32.4 Å². The molecule has 2 aliphatic rings. The molecule has 19 heavy (non-hydrogen) atoms. The Labute approximate surface area is 123 Å². The Bertz CT molecular complexity index is 269. The van der Waals surface area contributed by atoms with Crippen molar-refractivity contribution >= 4 is 18.3 Å². The van der Waals surface area contributed by atoms with Crippen molar-refractivity contribution in [1.29, 1.82) is 0 Å². The fourth-order valence-corrected chi connectivity index (χ4v) is 2.87. The molecule has 0 radical (unpaired) electrons. The zero-order valence-corrected chi connectivity index (χ0v) is 12.9. The number of carbonyl (C=O) groups is 1. The number of piperazine rings is 1. The minimum atomic E-state index is 0. The number of nitrogens with zero attached hydrogens (tertiary/aromatic N) is 2. The van der Waals surface area contributed by atoms with E-state index >= 15 is 0 Å². The lowest BCUT2D eigenvalue weighted by Gasteiger charge is -2.28. The minimum absolute atomic E-state index is 0. The van der Waals surface area contributed by atoms with Crippen LogP contribution in [0.3, 0.4) is 0 Å². The first-order chi connectivity index (χ1) is 8.75. The Hall–Kier alpha value is -0.320. The van der Waals surface area contributed by atoms with Crippen molar-refractivity contribution in [1.82, 2.24) is 15.1 Å². The molecule has 1 unspecified atom stereocenters. The highest BCUT2D eigenvalue weighted by Gasteiger charge is 2.18. The van der Waals surface area contributed by atoms with E-state index in [0.717, 1.165) is 38.6 Å². The van der Waals surface area contributed by atoms with Gasteiger partial charge in [-0.05, 0) is 38.3 Å². The van der Waals surface area contributed by atoms with Gasteiger partial charge in [0.05, 0.1) is 0 Å². The lowest BCUT2D eigenvalue weighted by atomic mass is 10.0. The van der Waals surface area contributed by atoms with Gasteiger partial charge < -0.3 is 15.1 Å². The maximum absolute atomic E-state index is 12.1. The second kappa shape index (κ2) is 8.77. The summed E-state index contributed by atoms with van der Waals surface area (Å²) in [4.78, 5) is 16.5. The summed E-state index contributed by atoms with van der Waals surface area (Å²) < 4.78 is 0. The van der Waals surface area contributed by atoms with Gasteiger partial charge in [0.15, 0.2) is 0 Å². The average Bonchev–Trinajstić information content (AvgIpc) is 2.62. The molecule has 0 aromatic rings. The van der Waals surface area contributed by atoms with E-state index in [-0.39, 0.29) is 12.4 Å². The normalized spacial score (nSPS) is 25.5. The Balaban J connectivity index is 0.00000180. The second-order valence-corrected chi connectivity index (χ2v) is 5.76. The van der Waals surface area contributed by atoms with Crippen LogP contribution < -0.4 is 5.32 Å². The predicted molar refractivity (Wildman–Crippen MR) is 80.8 cm³/mol. The number of hydrogen-bond donors (Lipinski definition) is 1. The van der Waals surface area contributed by atoms with Crippen LogP contribution in [-0.2, 0) is 4.79 Å². The van der Waals surface area contributed by atoms with E-state index in [4.69, 9.17) is 0 Å². The molecule has 5 heteroatoms. The summed E-state index contributed by atoms with van der Waals surface area (Å²) in [6, 6.07) is 0. The third-order valence-electron chi connectivity index (χ3n) is 4.22. The Morgan fingerprint density at radius 1 is 1.16 bits per heavy atom. The van der Waals surface area contributed by atoms with Gasteiger partial charge in [0.2, 0.25) is 5.91 Å². The van der Waals surface area contributed by atoms with Crippen LogP contribution in [0.4, 0.5) is 0 Å². The molecule has 0 saturated carbocycles. The lowest BCUT2D eigenvalue weighted by Crippen LogP contribution is -2.47. The van der Waals surface area contributed by atoms with Crippen LogP contribution in [0.15, 0.2) is 0 Å². The number of amides is 1. The predicted octanol–water partition coefficient (Wildman–Crippen LogP) is 1.35. The first kappa shape index (κ1) is 16.7. The summed E-state index contributed by atoms with van der Waals surface area (Å²) in [7, 11) is 0. The van der Waals surface area contributed by atoms with E-state index < -0.39 is 0 Å². The van der Waals surface area contributed by atoms with E-state index in [2.05, 4.69) is 17.1 Å². The number of hydrogen-bond acceptors (Lipinski definition) is 3. The summed E-state index contributed by atoms with van der Waals surface area (Å²) in [6.07, 6.45) is 4.64. The molecule has 2 aliphatic heterocycles. The molecule has 2 heterocycles. The quantitative estimate of drug-likeness (QED) is 0.852. The zero-order chi connectivity index (χ0) is 12.8. The SMILES string of the molecule is CC1CCCN(CCC(=O)N2CCNCC2)CC1.Cl. The van der Waals surface area contributed by atoms with Crippen LogP contribution in [0.1, 0.15) is 32.6 Å². The average molecular weight is 290 g/mol. The smallest absolute Gasteiger partial charge is 0.223 e. The van der Waals surface area contributed by atoms with Crippen molar-refractivity contribution in [2.45, 2.75) is 32.6 Å². The number of likely N-dealkylation sites (tertiary alicyclic amines) is 1. The summed E-state index contributed by atoms with van der Waals surface area (Å²) in [5, 5.41) is 3.28. The van der Waals surface area contributed by atoms with Crippen LogP contribution in [-0.4, -0.2) is 61.5 Å². The molecule has 2 fully saturated rings. The Morgan fingerprint density at radius 2 is 1.89 bits per heavy atom. The lowest BCUT2D eigenvalue weighted by molar-refractivity contribution is -0.132. The fourth-order valence-electron chi connectivity index (χ4n) is 2.87. The topological polar surface area (TPSA) is 35.6 Å². The maximum atomic E-state index is 12.1. The fraction of sp³-hybridized carbons (Fsp3) is 0.929. The van der Waals surface area contributed by atoms with E-state index in [9.17, 15) is 4.79 Å². The largest absolute Gasteiger partial charge is 0.340 e. The molecule has 0 aromatic carbocycles. The van der Waals surface area contributed by atoms with E-state index in [1.54, 1.807) is 0 Å². The van der Waals surface area contributed by atoms with Crippen molar-refractivity contribution in [3.63, 3.8) is 0 Å². The monoisotopic (exact) mass is 289 g/mol. The third-order valence-corrected chi connectivity index (χ3v) is 4.22. The summed E-state index contributed by atoms with van der Waals surface area (Å²) in [6.45, 7) is 9.33. The molecule has 0 aromatic heterocycles. The van der Waals surface area contributed by atoms with Gasteiger partial charge in [-0.15, -0.1) is 12.4 Å². The van der Waals surface area contributed by atoms with Crippen LogP contribution in [0.5, 0.6) is 0 Å². The molecule has 2 saturated heterocycles. The molecule has 1 N–H and O–H groups in total. The maximum Gasteiger partial charge on any atom is 0.223 e. The van der Waals surface area contributed by atoms with Crippen LogP contribution in [0.2, 0.25) is 0 Å². The van der Waals surface area contributed by atoms with Gasteiger partial charge in [-0.2, -0.15) is 0 Å². The first-order valence-corrected chi connectivity index (χ1v) is 7.46. The van der Waals surface area contributed by atoms with Crippen molar-refractivity contribution in [3.05, 3.63) is 0 Å². The van der Waals surface area contributed by atoms with Crippen molar-refractivity contribution in [2.24, 2.45) is 5.92 Å². The van der Waals surface area contributed by atoms with Crippen molar-refractivity contribution in [3.8, 4) is 0 Å². The van der Waals surface area contributed by atoms with E-state index in [1.807, 2.05) is 4.90 Å². The number of halogens is 1. The van der Waals surface area contributed by atoms with Crippen LogP contribution in [0.25, 0.3) is 0 Å². The van der Waals surface area contributed by atoms with Crippen molar-refractivity contribution < 1.29 is 4.79 Å². The van der Waals surface area contributed by atoms with Crippen LogP contribution >= 0.6 is 12.4 Å². The van der Waals surface area contributed by atoms with Crippen molar-refractivity contribution in [2.75, 3.05) is 45.8 Å². The second-order valence-electron chi connectivity index (χ2n) is 5.76. The van der Waals surface area contributed by atoms with Crippen LogP contribution in [0, 0.1) is 5.92 Å². The summed E-state index contributed by atoms with van der Waals surface area (Å²) in [5.74, 6) is 1.20. The molecular formula is C14H28ClN3O. The molecule has 4 nitrogen and oxygen atoms in total. The third kappa shape index (κ3) is 5.67. The van der Waals surface area contributed by atoms with Gasteiger partial charge >= 0.3 is 0 Å². The van der Waals surface area contributed by atoms with Gasteiger partial charge in [-0.3, -0.25) is 4.79 Å². The molecular weight excluding hydrogens is 262 g/mol. The van der Waals surface area contributed by atoms with Gasteiger partial charge in [0, 0.05) is 39.1 Å². The standard InChI is InChI=1S/C14H27N3O.ClH/c1-13-3-2-8-16(9-4-13)10-5-14(18)17-11-6-15-7-12-17;/h13,15H,2-12H2,1H3;1H. The van der Waals surface area contributed by atoms with E-state index in [0.29, 0.717) is 12.3 Å². The highest BCUT2D eigenvalue weighted by Crippen LogP contribution is 2.16. The molecule has 2 rings (SSSR count). The number of carbonyl (C=O) groups excluding carboxylic acids is 1. The Kier molecular flexibility index (Phi) is 7.73. The van der Waals surface area contributed by atoms with Gasteiger partial charge in [0.1, 0.15) is 0 Å². The molecule has 0 spiro atoms. The summed E-state index contributed by atoms with van der Waals surface area (Å²) >= 11 is 0. The number of nitrogens with one attached hydrogen (secondary N) is 1. The highest BCUT2D eigenvalue weighted by molar-refractivity contribution is 5.85.